The van der Waals surface area contributed by atoms with Crippen LogP contribution in [-0.2, 0) is 9.59 Å². The predicted octanol–water partition coefficient (Wildman–Crippen LogP) is 3.31. The minimum Gasteiger partial charge on any atom is -0.392 e. The van der Waals surface area contributed by atoms with Crippen LogP contribution < -0.4 is 0 Å². The first kappa shape index (κ1) is 17.4. The fraction of sp³-hybridized carbons (Fsp3) is 0.333. The molecule has 1 N–H and O–H groups in total. The first-order chi connectivity index (χ1) is 12.1. The number of nitrogens with zero attached hydrogens (tertiary/aromatic N) is 1. The zero-order valence-electron chi connectivity index (χ0n) is 14.3. The molecule has 2 aromatic carbocycles. The van der Waals surface area contributed by atoms with Crippen molar-refractivity contribution in [3.8, 4) is 0 Å². The Morgan fingerprint density at radius 2 is 1.52 bits per heavy atom. The number of aliphatic hydroxyl groups is 1. The van der Waals surface area contributed by atoms with Gasteiger partial charge in [-0.25, -0.2) is 0 Å². The van der Waals surface area contributed by atoms with E-state index in [0.717, 1.165) is 17.5 Å². The van der Waals surface area contributed by atoms with Gasteiger partial charge in [-0.3, -0.25) is 14.5 Å². The summed E-state index contributed by atoms with van der Waals surface area (Å²) in [6.45, 7) is 1.96. The molecule has 3 rings (SSSR count). The van der Waals surface area contributed by atoms with Gasteiger partial charge in [0.15, 0.2) is 0 Å². The number of likely N-dealkylation sites (tertiary alicyclic amines) is 1. The molecule has 1 fully saturated rings. The minimum absolute atomic E-state index is 0.0795. The summed E-state index contributed by atoms with van der Waals surface area (Å²) in [5.74, 6) is -1.13. The van der Waals surface area contributed by atoms with E-state index < -0.39 is 18.1 Å². The third kappa shape index (κ3) is 3.49. The van der Waals surface area contributed by atoms with Crippen molar-refractivity contribution in [1.29, 1.82) is 0 Å². The monoisotopic (exact) mass is 337 g/mol. The standard InChI is InChI=1S/C21H23NO3/c1-2-9-18(23)17-14-19(24)22(21(17)25)20(15-10-5-3-6-11-15)16-12-7-4-8-13-16/h3-8,10-13,17-18,20,23H,2,9,14H2,1H3/t17-,18+/m1/s1. The Bertz CT molecular complexity index is 690. The number of imide groups is 1. The van der Waals surface area contributed by atoms with Crippen molar-refractivity contribution in [1.82, 2.24) is 4.90 Å². The Hall–Kier alpha value is -2.46. The van der Waals surface area contributed by atoms with Gasteiger partial charge in [-0.2, -0.15) is 0 Å². The molecule has 2 atom stereocenters. The summed E-state index contributed by atoms with van der Waals surface area (Å²) in [5, 5.41) is 10.3. The Morgan fingerprint density at radius 1 is 1.00 bits per heavy atom. The minimum atomic E-state index is -0.765. The summed E-state index contributed by atoms with van der Waals surface area (Å²) in [4.78, 5) is 27.0. The highest BCUT2D eigenvalue weighted by atomic mass is 16.3. The molecule has 2 amide bonds. The van der Waals surface area contributed by atoms with E-state index in [1.807, 2.05) is 67.6 Å². The lowest BCUT2D eigenvalue weighted by Crippen LogP contribution is -2.37. The van der Waals surface area contributed by atoms with Crippen molar-refractivity contribution < 1.29 is 14.7 Å². The first-order valence-corrected chi connectivity index (χ1v) is 8.77. The highest BCUT2D eigenvalue weighted by Gasteiger charge is 2.45. The molecule has 25 heavy (non-hydrogen) atoms. The third-order valence-electron chi connectivity index (χ3n) is 4.76. The molecule has 0 unspecified atom stereocenters. The average molecular weight is 337 g/mol. The smallest absolute Gasteiger partial charge is 0.236 e. The van der Waals surface area contributed by atoms with Crippen molar-refractivity contribution in [2.45, 2.75) is 38.3 Å². The van der Waals surface area contributed by atoms with E-state index in [1.165, 1.54) is 4.90 Å². The van der Waals surface area contributed by atoms with Gasteiger partial charge in [0.25, 0.3) is 0 Å². The molecule has 4 nitrogen and oxygen atoms in total. The van der Waals surface area contributed by atoms with E-state index in [4.69, 9.17) is 0 Å². The van der Waals surface area contributed by atoms with Gasteiger partial charge in [-0.15, -0.1) is 0 Å². The van der Waals surface area contributed by atoms with Gasteiger partial charge in [0.2, 0.25) is 11.8 Å². The molecule has 0 aromatic heterocycles. The fourth-order valence-electron chi connectivity index (χ4n) is 3.51. The highest BCUT2D eigenvalue weighted by Crippen LogP contribution is 2.36. The summed E-state index contributed by atoms with van der Waals surface area (Å²) in [7, 11) is 0. The second kappa shape index (κ2) is 7.62. The number of hydrogen-bond acceptors (Lipinski definition) is 3. The molecule has 0 saturated carbocycles. The number of carbonyl (C=O) groups excluding carboxylic acids is 2. The molecule has 0 aliphatic carbocycles. The zero-order valence-corrected chi connectivity index (χ0v) is 14.3. The van der Waals surface area contributed by atoms with E-state index >= 15 is 0 Å². The topological polar surface area (TPSA) is 57.6 Å². The zero-order chi connectivity index (χ0) is 17.8. The van der Waals surface area contributed by atoms with Crippen LogP contribution in [0.3, 0.4) is 0 Å². The summed E-state index contributed by atoms with van der Waals surface area (Å²) in [5.41, 5.74) is 1.78. The molecule has 1 heterocycles. The summed E-state index contributed by atoms with van der Waals surface area (Å²) >= 11 is 0. The van der Waals surface area contributed by atoms with Crippen LogP contribution in [0.15, 0.2) is 60.7 Å². The van der Waals surface area contributed by atoms with Gasteiger partial charge < -0.3 is 5.11 Å². The van der Waals surface area contributed by atoms with Crippen LogP contribution in [0, 0.1) is 5.92 Å². The maximum absolute atomic E-state index is 13.0. The van der Waals surface area contributed by atoms with Crippen molar-refractivity contribution in [2.75, 3.05) is 0 Å². The molecule has 130 valence electrons. The largest absolute Gasteiger partial charge is 0.392 e. The molecule has 2 aromatic rings. The lowest BCUT2D eigenvalue weighted by atomic mass is 9.95. The highest BCUT2D eigenvalue weighted by molar-refractivity contribution is 6.04. The number of amides is 2. The van der Waals surface area contributed by atoms with Gasteiger partial charge in [-0.05, 0) is 17.5 Å². The van der Waals surface area contributed by atoms with Gasteiger partial charge in [0, 0.05) is 6.42 Å². The van der Waals surface area contributed by atoms with Crippen LogP contribution in [0.5, 0.6) is 0 Å². The number of aliphatic hydroxyl groups excluding tert-OH is 1. The summed E-state index contributed by atoms with van der Waals surface area (Å²) < 4.78 is 0. The molecule has 1 aliphatic heterocycles. The Kier molecular flexibility index (Phi) is 5.29. The molecule has 0 spiro atoms. The maximum Gasteiger partial charge on any atom is 0.236 e. The van der Waals surface area contributed by atoms with Crippen LogP contribution in [0.2, 0.25) is 0 Å². The average Bonchev–Trinajstić information content (AvgIpc) is 2.93. The van der Waals surface area contributed by atoms with E-state index in [-0.39, 0.29) is 18.2 Å². The van der Waals surface area contributed by atoms with E-state index in [1.54, 1.807) is 0 Å². The van der Waals surface area contributed by atoms with E-state index in [0.29, 0.717) is 6.42 Å². The number of rotatable bonds is 6. The van der Waals surface area contributed by atoms with E-state index in [9.17, 15) is 14.7 Å². The lowest BCUT2D eigenvalue weighted by molar-refractivity contribution is -0.142. The number of hydrogen-bond donors (Lipinski definition) is 1. The second-order valence-corrected chi connectivity index (χ2v) is 6.49. The molecule has 1 saturated heterocycles. The van der Waals surface area contributed by atoms with Crippen molar-refractivity contribution in [2.24, 2.45) is 5.92 Å². The third-order valence-corrected chi connectivity index (χ3v) is 4.76. The van der Waals surface area contributed by atoms with Crippen LogP contribution in [0.25, 0.3) is 0 Å². The lowest BCUT2D eigenvalue weighted by Gasteiger charge is -2.28. The second-order valence-electron chi connectivity index (χ2n) is 6.49. The van der Waals surface area contributed by atoms with Crippen LogP contribution in [0.4, 0.5) is 0 Å². The van der Waals surface area contributed by atoms with Crippen molar-refractivity contribution in [3.05, 3.63) is 71.8 Å². The Morgan fingerprint density at radius 3 is 2.00 bits per heavy atom. The van der Waals surface area contributed by atoms with Crippen LogP contribution >= 0.6 is 0 Å². The molecule has 1 aliphatic rings. The van der Waals surface area contributed by atoms with E-state index in [2.05, 4.69) is 0 Å². The molecular weight excluding hydrogens is 314 g/mol. The first-order valence-electron chi connectivity index (χ1n) is 8.77. The van der Waals surface area contributed by atoms with Crippen LogP contribution in [-0.4, -0.2) is 27.9 Å². The summed E-state index contributed by atoms with van der Waals surface area (Å²) in [6.07, 6.45) is 0.619. The Labute approximate surface area is 148 Å². The summed E-state index contributed by atoms with van der Waals surface area (Å²) in [6, 6.07) is 18.7. The number of benzene rings is 2. The van der Waals surface area contributed by atoms with Gasteiger partial charge in [0.05, 0.1) is 18.1 Å². The fourth-order valence-corrected chi connectivity index (χ4v) is 3.51. The molecule has 4 heteroatoms. The maximum atomic E-state index is 13.0. The Balaban J connectivity index is 1.99. The predicted molar refractivity (Wildman–Crippen MR) is 95.6 cm³/mol. The van der Waals surface area contributed by atoms with Crippen molar-refractivity contribution >= 4 is 11.8 Å². The van der Waals surface area contributed by atoms with Gasteiger partial charge in [0.1, 0.15) is 0 Å². The normalized spacial score (nSPS) is 18.8. The number of carbonyl (C=O) groups is 2. The van der Waals surface area contributed by atoms with Crippen molar-refractivity contribution in [3.63, 3.8) is 0 Å². The SMILES string of the molecule is CCC[C@H](O)[C@H]1CC(=O)N(C(c2ccccc2)c2ccccc2)C1=O. The van der Waals surface area contributed by atoms with Crippen LogP contribution in [0.1, 0.15) is 43.4 Å². The van der Waals surface area contributed by atoms with Gasteiger partial charge in [-0.1, -0.05) is 74.0 Å². The quantitative estimate of drug-likeness (QED) is 0.823. The van der Waals surface area contributed by atoms with Gasteiger partial charge >= 0.3 is 0 Å². The molecular formula is C21H23NO3. The molecule has 0 bridgehead atoms. The molecule has 0 radical (unpaired) electrons.